The fraction of sp³-hybridized carbons (Fsp3) is 0.435. The molecule has 7 nitrogen and oxygen atoms in total. The summed E-state index contributed by atoms with van der Waals surface area (Å²) >= 11 is 0. The second-order valence-corrected chi connectivity index (χ2v) is 8.59. The first-order chi connectivity index (χ1) is 14.5. The fourth-order valence-corrected chi connectivity index (χ4v) is 5.07. The quantitative estimate of drug-likeness (QED) is 0.706. The molecule has 3 atom stereocenters. The SMILES string of the molecule is Cc1nc(-c2ccn[nH]2)c2c(n1)[C@H]1[C@H](C)CC[C@@H](C2)N1C(=O)c1ccnc(C)c1C. The van der Waals surface area contributed by atoms with Gasteiger partial charge in [-0.1, -0.05) is 6.92 Å². The van der Waals surface area contributed by atoms with Gasteiger partial charge in [0.2, 0.25) is 0 Å². The second kappa shape index (κ2) is 7.00. The molecule has 1 fully saturated rings. The Kier molecular flexibility index (Phi) is 4.41. The molecule has 154 valence electrons. The van der Waals surface area contributed by atoms with E-state index in [1.807, 2.05) is 32.9 Å². The third kappa shape index (κ3) is 2.83. The Morgan fingerprint density at radius 3 is 2.73 bits per heavy atom. The molecule has 1 saturated heterocycles. The zero-order valence-electron chi connectivity index (χ0n) is 17.8. The Bertz CT molecular complexity index is 1120. The molecule has 30 heavy (non-hydrogen) atoms. The van der Waals surface area contributed by atoms with Gasteiger partial charge in [0.15, 0.2) is 0 Å². The average Bonchev–Trinajstić information content (AvgIpc) is 3.26. The van der Waals surface area contributed by atoms with Crippen LogP contribution in [0.15, 0.2) is 24.5 Å². The molecule has 0 unspecified atom stereocenters. The number of piperidine rings is 1. The normalized spacial score (nSPS) is 22.7. The highest BCUT2D eigenvalue weighted by atomic mass is 16.2. The van der Waals surface area contributed by atoms with E-state index in [9.17, 15) is 4.79 Å². The Morgan fingerprint density at radius 2 is 1.97 bits per heavy atom. The lowest BCUT2D eigenvalue weighted by molar-refractivity contribution is 0.0225. The summed E-state index contributed by atoms with van der Waals surface area (Å²) in [5, 5.41) is 7.16. The summed E-state index contributed by atoms with van der Waals surface area (Å²) in [6.07, 6.45) is 6.32. The molecule has 0 saturated carbocycles. The zero-order valence-corrected chi connectivity index (χ0v) is 17.8. The molecule has 1 N–H and O–H groups in total. The number of carbonyl (C=O) groups excluding carboxylic acids is 1. The number of aryl methyl sites for hydroxylation is 2. The van der Waals surface area contributed by atoms with Gasteiger partial charge in [0.25, 0.3) is 5.91 Å². The van der Waals surface area contributed by atoms with Crippen molar-refractivity contribution in [3.63, 3.8) is 0 Å². The highest BCUT2D eigenvalue weighted by Gasteiger charge is 2.46. The first-order valence-corrected chi connectivity index (χ1v) is 10.6. The fourth-order valence-electron chi connectivity index (χ4n) is 5.07. The van der Waals surface area contributed by atoms with Crippen molar-refractivity contribution in [1.82, 2.24) is 30.0 Å². The summed E-state index contributed by atoms with van der Waals surface area (Å²) in [5.41, 5.74) is 6.57. The highest BCUT2D eigenvalue weighted by molar-refractivity contribution is 5.96. The van der Waals surface area contributed by atoms with E-state index >= 15 is 0 Å². The van der Waals surface area contributed by atoms with Crippen LogP contribution < -0.4 is 0 Å². The minimum atomic E-state index is -0.0451. The lowest BCUT2D eigenvalue weighted by Crippen LogP contribution is -2.53. The maximum absolute atomic E-state index is 13.8. The summed E-state index contributed by atoms with van der Waals surface area (Å²) in [7, 11) is 0. The van der Waals surface area contributed by atoms with Crippen LogP contribution in [-0.2, 0) is 6.42 Å². The monoisotopic (exact) mass is 402 g/mol. The molecule has 2 aliphatic rings. The Hall–Kier alpha value is -3.09. The zero-order chi connectivity index (χ0) is 21.0. The number of nitrogens with zero attached hydrogens (tertiary/aromatic N) is 5. The van der Waals surface area contributed by atoms with Crippen molar-refractivity contribution in [3.8, 4) is 11.4 Å². The van der Waals surface area contributed by atoms with Gasteiger partial charge in [0.1, 0.15) is 5.82 Å². The van der Waals surface area contributed by atoms with Gasteiger partial charge in [0.05, 0.1) is 23.1 Å². The van der Waals surface area contributed by atoms with Crippen LogP contribution in [0.1, 0.15) is 64.5 Å². The van der Waals surface area contributed by atoms with Gasteiger partial charge in [-0.05, 0) is 63.6 Å². The van der Waals surface area contributed by atoms with Gasteiger partial charge >= 0.3 is 0 Å². The maximum atomic E-state index is 13.8. The lowest BCUT2D eigenvalue weighted by Gasteiger charge is -2.49. The topological polar surface area (TPSA) is 87.7 Å². The largest absolute Gasteiger partial charge is 0.326 e. The predicted octanol–water partition coefficient (Wildman–Crippen LogP) is 3.73. The van der Waals surface area contributed by atoms with E-state index in [1.165, 1.54) is 0 Å². The molecule has 5 rings (SSSR count). The van der Waals surface area contributed by atoms with E-state index < -0.39 is 0 Å². The molecule has 1 amide bonds. The number of hydrogen-bond donors (Lipinski definition) is 1. The Morgan fingerprint density at radius 1 is 1.13 bits per heavy atom. The number of rotatable bonds is 2. The number of H-pyrrole nitrogens is 1. The molecular weight excluding hydrogens is 376 g/mol. The van der Waals surface area contributed by atoms with Gasteiger partial charge in [-0.15, -0.1) is 0 Å². The molecule has 3 aromatic heterocycles. The molecule has 0 spiro atoms. The van der Waals surface area contributed by atoms with Crippen LogP contribution in [0.25, 0.3) is 11.4 Å². The van der Waals surface area contributed by atoms with E-state index in [4.69, 9.17) is 9.97 Å². The summed E-state index contributed by atoms with van der Waals surface area (Å²) in [6.45, 7) is 8.08. The number of hydrogen-bond acceptors (Lipinski definition) is 5. The minimum absolute atomic E-state index is 0.0451. The molecule has 3 aromatic rings. The summed E-state index contributed by atoms with van der Waals surface area (Å²) in [6, 6.07) is 3.90. The predicted molar refractivity (Wildman–Crippen MR) is 113 cm³/mol. The van der Waals surface area contributed by atoms with Crippen LogP contribution in [0.2, 0.25) is 0 Å². The first-order valence-electron chi connectivity index (χ1n) is 10.6. The lowest BCUT2D eigenvalue weighted by atomic mass is 9.76. The van der Waals surface area contributed by atoms with Crippen molar-refractivity contribution in [2.75, 3.05) is 0 Å². The van der Waals surface area contributed by atoms with Crippen molar-refractivity contribution >= 4 is 5.91 Å². The van der Waals surface area contributed by atoms with Crippen LogP contribution in [0.3, 0.4) is 0 Å². The van der Waals surface area contributed by atoms with Gasteiger partial charge in [-0.2, -0.15) is 5.10 Å². The molecule has 0 aliphatic carbocycles. The van der Waals surface area contributed by atoms with E-state index in [0.29, 0.717) is 5.92 Å². The van der Waals surface area contributed by atoms with Gasteiger partial charge < -0.3 is 4.90 Å². The molecule has 2 aliphatic heterocycles. The highest BCUT2D eigenvalue weighted by Crippen LogP contribution is 2.46. The standard InChI is InChI=1S/C23H26N6O/c1-12-5-6-16-11-18-20(19-8-10-25-28-19)26-15(4)27-21(18)22(12)29(16)23(30)17-7-9-24-14(3)13(17)2/h7-10,12,16,22H,5-6,11H2,1-4H3,(H,25,28)/t12-,16+,22-/m1/s1. The van der Waals surface area contributed by atoms with E-state index in [2.05, 4.69) is 27.0 Å². The van der Waals surface area contributed by atoms with Crippen LogP contribution >= 0.6 is 0 Å². The summed E-state index contributed by atoms with van der Waals surface area (Å²) < 4.78 is 0. The van der Waals surface area contributed by atoms with Crippen LogP contribution in [0, 0.1) is 26.7 Å². The molecule has 0 radical (unpaired) electrons. The van der Waals surface area contributed by atoms with E-state index in [0.717, 1.165) is 64.6 Å². The van der Waals surface area contributed by atoms with E-state index in [1.54, 1.807) is 12.4 Å². The number of fused-ring (bicyclic) bond motifs is 4. The number of aromatic nitrogens is 5. The first kappa shape index (κ1) is 18.9. The molecule has 7 heteroatoms. The summed E-state index contributed by atoms with van der Waals surface area (Å²) in [4.78, 5) is 29.8. The number of aromatic amines is 1. The molecule has 5 heterocycles. The average molecular weight is 403 g/mol. The number of amides is 1. The molecule has 0 aromatic carbocycles. The van der Waals surface area contributed by atoms with Gasteiger partial charge in [-0.3, -0.25) is 14.9 Å². The van der Waals surface area contributed by atoms with Crippen molar-refractivity contribution in [2.45, 2.75) is 59.0 Å². The van der Waals surface area contributed by atoms with Gasteiger partial charge in [-0.25, -0.2) is 9.97 Å². The third-order valence-electron chi connectivity index (χ3n) is 6.73. The van der Waals surface area contributed by atoms with E-state index in [-0.39, 0.29) is 18.0 Å². The number of nitrogens with one attached hydrogen (secondary N) is 1. The van der Waals surface area contributed by atoms with Crippen LogP contribution in [0.5, 0.6) is 0 Å². The van der Waals surface area contributed by atoms with Crippen molar-refractivity contribution < 1.29 is 4.79 Å². The van der Waals surface area contributed by atoms with Crippen molar-refractivity contribution in [2.24, 2.45) is 5.92 Å². The van der Waals surface area contributed by atoms with Crippen molar-refractivity contribution in [1.29, 1.82) is 0 Å². The third-order valence-corrected chi connectivity index (χ3v) is 6.73. The number of carbonyl (C=O) groups is 1. The van der Waals surface area contributed by atoms with Crippen LogP contribution in [0.4, 0.5) is 0 Å². The Labute approximate surface area is 176 Å². The molecule has 2 bridgehead atoms. The van der Waals surface area contributed by atoms with Crippen LogP contribution in [-0.4, -0.2) is 42.0 Å². The van der Waals surface area contributed by atoms with Gasteiger partial charge in [0, 0.05) is 35.3 Å². The van der Waals surface area contributed by atoms with Crippen molar-refractivity contribution in [3.05, 3.63) is 58.4 Å². The summed E-state index contributed by atoms with van der Waals surface area (Å²) in [5.74, 6) is 1.14. The maximum Gasteiger partial charge on any atom is 0.255 e. The number of pyridine rings is 1. The smallest absolute Gasteiger partial charge is 0.255 e. The second-order valence-electron chi connectivity index (χ2n) is 8.59. The minimum Gasteiger partial charge on any atom is -0.326 e. The molecular formula is C23H26N6O. The Balaban J connectivity index is 1.66.